The summed E-state index contributed by atoms with van der Waals surface area (Å²) < 4.78 is 0. The van der Waals surface area contributed by atoms with Gasteiger partial charge in [-0.25, -0.2) is 0 Å². The van der Waals surface area contributed by atoms with Crippen molar-refractivity contribution in [1.29, 1.82) is 0 Å². The van der Waals surface area contributed by atoms with Gasteiger partial charge in [-0.05, 0) is 35.4 Å². The van der Waals surface area contributed by atoms with Gasteiger partial charge in [0, 0.05) is 5.02 Å². The van der Waals surface area contributed by atoms with Crippen molar-refractivity contribution in [3.8, 4) is 0 Å². The van der Waals surface area contributed by atoms with Crippen molar-refractivity contribution in [2.24, 2.45) is 11.3 Å². The molecule has 1 fully saturated rings. The highest BCUT2D eigenvalue weighted by Crippen LogP contribution is 2.60. The van der Waals surface area contributed by atoms with Crippen LogP contribution in [0.15, 0.2) is 24.3 Å². The number of hydrogen-bond acceptors (Lipinski definition) is 1. The number of rotatable bonds is 2. The summed E-state index contributed by atoms with van der Waals surface area (Å²) in [5.41, 5.74) is 0.812. The Morgan fingerprint density at radius 1 is 1.31 bits per heavy atom. The van der Waals surface area contributed by atoms with Crippen molar-refractivity contribution in [2.75, 3.05) is 0 Å². The Labute approximate surface area is 102 Å². The second-order valence-electron chi connectivity index (χ2n) is 5.70. The van der Waals surface area contributed by atoms with Crippen LogP contribution in [0.5, 0.6) is 0 Å². The van der Waals surface area contributed by atoms with Crippen LogP contribution in [0, 0.1) is 11.3 Å². The van der Waals surface area contributed by atoms with Gasteiger partial charge in [-0.1, -0.05) is 44.5 Å². The average molecular weight is 236 g/mol. The highest BCUT2D eigenvalue weighted by molar-refractivity contribution is 6.30. The SMILES string of the molecule is CC(C)(C)C1CC1([C]=O)c1ccc(Cl)cc1. The fraction of sp³-hybridized carbons (Fsp3) is 0.500. The topological polar surface area (TPSA) is 17.1 Å². The third kappa shape index (κ3) is 1.78. The van der Waals surface area contributed by atoms with Crippen molar-refractivity contribution in [3.05, 3.63) is 34.9 Å². The summed E-state index contributed by atoms with van der Waals surface area (Å²) in [4.78, 5) is 11.3. The van der Waals surface area contributed by atoms with Crippen molar-refractivity contribution < 1.29 is 4.79 Å². The molecule has 2 heteroatoms. The van der Waals surface area contributed by atoms with Crippen molar-refractivity contribution in [1.82, 2.24) is 0 Å². The Balaban J connectivity index is 2.33. The molecule has 0 bridgehead atoms. The number of halogens is 1. The van der Waals surface area contributed by atoms with E-state index >= 15 is 0 Å². The lowest BCUT2D eigenvalue weighted by Gasteiger charge is -2.21. The van der Waals surface area contributed by atoms with Crippen LogP contribution in [0.1, 0.15) is 32.8 Å². The molecule has 0 heterocycles. The molecule has 1 aliphatic carbocycles. The first-order valence-electron chi connectivity index (χ1n) is 5.55. The monoisotopic (exact) mass is 235 g/mol. The van der Waals surface area contributed by atoms with E-state index in [0.717, 1.165) is 12.0 Å². The van der Waals surface area contributed by atoms with E-state index in [1.54, 1.807) is 0 Å². The van der Waals surface area contributed by atoms with Crippen molar-refractivity contribution >= 4 is 17.9 Å². The molecule has 1 nitrogen and oxygen atoms in total. The lowest BCUT2D eigenvalue weighted by Crippen LogP contribution is -2.20. The molecule has 0 amide bonds. The molecule has 1 saturated carbocycles. The van der Waals surface area contributed by atoms with Crippen LogP contribution in [0.4, 0.5) is 0 Å². The maximum Gasteiger partial charge on any atom is 0.210 e. The largest absolute Gasteiger partial charge is 0.290 e. The summed E-state index contributed by atoms with van der Waals surface area (Å²) in [6, 6.07) is 7.57. The van der Waals surface area contributed by atoms with E-state index < -0.39 is 0 Å². The molecule has 2 unspecified atom stereocenters. The van der Waals surface area contributed by atoms with E-state index in [1.807, 2.05) is 24.3 Å². The average Bonchev–Trinajstić information content (AvgIpc) is 2.94. The first kappa shape index (κ1) is 11.7. The molecule has 0 aromatic heterocycles. The standard InChI is InChI=1S/C14H16ClO/c1-13(2,3)12-8-14(12,9-16)10-4-6-11(15)7-5-10/h4-7,12H,8H2,1-3H3. The third-order valence-electron chi connectivity index (χ3n) is 3.55. The molecule has 0 N–H and O–H groups in total. The third-order valence-corrected chi connectivity index (χ3v) is 3.80. The van der Waals surface area contributed by atoms with E-state index in [4.69, 9.17) is 11.6 Å². The molecule has 16 heavy (non-hydrogen) atoms. The Morgan fingerprint density at radius 3 is 2.25 bits per heavy atom. The fourth-order valence-corrected chi connectivity index (χ4v) is 2.67. The lowest BCUT2D eigenvalue weighted by molar-refractivity contribution is 0.330. The van der Waals surface area contributed by atoms with Crippen molar-refractivity contribution in [3.63, 3.8) is 0 Å². The zero-order valence-corrected chi connectivity index (χ0v) is 10.6. The number of hydrogen-bond donors (Lipinski definition) is 0. The molecule has 0 saturated heterocycles. The summed E-state index contributed by atoms with van der Waals surface area (Å²) in [5.74, 6) is 0.388. The summed E-state index contributed by atoms with van der Waals surface area (Å²) in [5, 5.41) is 0.706. The van der Waals surface area contributed by atoms with Crippen LogP contribution >= 0.6 is 11.6 Å². The van der Waals surface area contributed by atoms with Gasteiger partial charge < -0.3 is 0 Å². The normalized spacial score (nSPS) is 28.9. The molecule has 1 radical (unpaired) electrons. The molecule has 1 aromatic carbocycles. The van der Waals surface area contributed by atoms with Gasteiger partial charge in [-0.2, -0.15) is 0 Å². The molecule has 1 aliphatic rings. The summed E-state index contributed by atoms with van der Waals surface area (Å²) in [7, 11) is 0. The second kappa shape index (κ2) is 3.59. The minimum absolute atomic E-state index is 0.150. The predicted molar refractivity (Wildman–Crippen MR) is 66.4 cm³/mol. The molecular weight excluding hydrogens is 220 g/mol. The van der Waals surface area contributed by atoms with Gasteiger partial charge in [0.05, 0.1) is 5.41 Å². The molecule has 2 atom stereocenters. The summed E-state index contributed by atoms with van der Waals surface area (Å²) in [6.07, 6.45) is 3.16. The zero-order valence-electron chi connectivity index (χ0n) is 9.88. The van der Waals surface area contributed by atoms with Crippen LogP contribution in [0.3, 0.4) is 0 Å². The van der Waals surface area contributed by atoms with E-state index in [2.05, 4.69) is 27.1 Å². The second-order valence-corrected chi connectivity index (χ2v) is 6.14. The zero-order chi connectivity index (χ0) is 12.0. The van der Waals surface area contributed by atoms with E-state index in [-0.39, 0.29) is 10.8 Å². The van der Waals surface area contributed by atoms with E-state index in [0.29, 0.717) is 10.9 Å². The van der Waals surface area contributed by atoms with Gasteiger partial charge in [-0.15, -0.1) is 0 Å². The summed E-state index contributed by atoms with van der Waals surface area (Å²) in [6.45, 7) is 6.52. The van der Waals surface area contributed by atoms with Gasteiger partial charge in [0.2, 0.25) is 6.29 Å². The fourth-order valence-electron chi connectivity index (χ4n) is 2.55. The van der Waals surface area contributed by atoms with Crippen LogP contribution < -0.4 is 0 Å². The molecule has 0 aliphatic heterocycles. The minimum Gasteiger partial charge on any atom is -0.290 e. The quantitative estimate of drug-likeness (QED) is 0.763. The first-order chi connectivity index (χ1) is 7.40. The van der Waals surface area contributed by atoms with Crippen molar-refractivity contribution in [2.45, 2.75) is 32.6 Å². The van der Waals surface area contributed by atoms with Crippen LogP contribution in [0.2, 0.25) is 5.02 Å². The molecule has 85 valence electrons. The van der Waals surface area contributed by atoms with E-state index in [9.17, 15) is 4.79 Å². The lowest BCUT2D eigenvalue weighted by atomic mass is 9.82. The molecule has 1 aromatic rings. The summed E-state index contributed by atoms with van der Waals surface area (Å²) >= 11 is 5.85. The number of carbonyl (C=O) groups excluding carboxylic acids is 1. The smallest absolute Gasteiger partial charge is 0.210 e. The van der Waals surface area contributed by atoms with Crippen LogP contribution in [0.25, 0.3) is 0 Å². The Kier molecular flexibility index (Phi) is 2.62. The highest BCUT2D eigenvalue weighted by atomic mass is 35.5. The maximum atomic E-state index is 11.3. The van der Waals surface area contributed by atoms with Gasteiger partial charge in [0.1, 0.15) is 0 Å². The van der Waals surface area contributed by atoms with Crippen LogP contribution in [-0.4, -0.2) is 6.29 Å². The predicted octanol–water partition coefficient (Wildman–Crippen LogP) is 3.75. The highest BCUT2D eigenvalue weighted by Gasteiger charge is 2.60. The van der Waals surface area contributed by atoms with Gasteiger partial charge in [-0.3, -0.25) is 4.79 Å². The first-order valence-corrected chi connectivity index (χ1v) is 5.93. The molecule has 2 rings (SSSR count). The number of benzene rings is 1. The van der Waals surface area contributed by atoms with Gasteiger partial charge >= 0.3 is 0 Å². The minimum atomic E-state index is -0.386. The molecular formula is C14H16ClO. The Bertz CT molecular complexity index is 402. The van der Waals surface area contributed by atoms with E-state index in [1.165, 1.54) is 0 Å². The van der Waals surface area contributed by atoms with Crippen LogP contribution in [-0.2, 0) is 10.2 Å². The molecule has 0 spiro atoms. The Morgan fingerprint density at radius 2 is 1.88 bits per heavy atom. The maximum absolute atomic E-state index is 11.3. The Hall–Kier alpha value is -0.820. The van der Waals surface area contributed by atoms with Gasteiger partial charge in [0.15, 0.2) is 0 Å². The van der Waals surface area contributed by atoms with Gasteiger partial charge in [0.25, 0.3) is 0 Å².